The third-order valence-electron chi connectivity index (χ3n) is 3.43. The molecule has 1 atom stereocenters. The monoisotopic (exact) mass is 290 g/mol. The molecule has 0 aromatic heterocycles. The summed E-state index contributed by atoms with van der Waals surface area (Å²) in [6.45, 7) is 5.32. The van der Waals surface area contributed by atoms with Crippen molar-refractivity contribution in [3.8, 4) is 0 Å². The third-order valence-corrected chi connectivity index (χ3v) is 5.18. The number of piperazine rings is 1. The fourth-order valence-electron chi connectivity index (χ4n) is 2.48. The van der Waals surface area contributed by atoms with Gasteiger partial charge in [0.15, 0.2) is 0 Å². The lowest BCUT2D eigenvalue weighted by Gasteiger charge is -2.29. The van der Waals surface area contributed by atoms with Crippen molar-refractivity contribution < 1.29 is 13.2 Å². The first-order valence-electron chi connectivity index (χ1n) is 6.75. The average molecular weight is 290 g/mol. The SMILES string of the molecule is CC(CN1CCCC1=O)NS(=O)(=O)N1CCNCC1. The van der Waals surface area contributed by atoms with Crippen molar-refractivity contribution >= 4 is 16.1 Å². The molecule has 0 bridgehead atoms. The van der Waals surface area contributed by atoms with E-state index in [0.29, 0.717) is 39.1 Å². The lowest BCUT2D eigenvalue weighted by Crippen LogP contribution is -2.53. The Bertz CT molecular complexity index is 420. The second-order valence-electron chi connectivity index (χ2n) is 5.12. The van der Waals surface area contributed by atoms with Crippen LogP contribution in [-0.2, 0) is 15.0 Å². The van der Waals surface area contributed by atoms with Gasteiger partial charge in [-0.1, -0.05) is 0 Å². The second-order valence-corrected chi connectivity index (χ2v) is 6.82. The lowest BCUT2D eigenvalue weighted by molar-refractivity contribution is -0.127. The maximum absolute atomic E-state index is 12.1. The van der Waals surface area contributed by atoms with E-state index in [-0.39, 0.29) is 11.9 Å². The number of rotatable bonds is 5. The zero-order valence-corrected chi connectivity index (χ0v) is 12.1. The van der Waals surface area contributed by atoms with Crippen LogP contribution in [0.1, 0.15) is 19.8 Å². The van der Waals surface area contributed by atoms with Crippen LogP contribution in [0, 0.1) is 0 Å². The van der Waals surface area contributed by atoms with Crippen LogP contribution in [0.4, 0.5) is 0 Å². The van der Waals surface area contributed by atoms with Gasteiger partial charge in [-0.25, -0.2) is 0 Å². The highest BCUT2D eigenvalue weighted by Gasteiger charge is 2.27. The summed E-state index contributed by atoms with van der Waals surface area (Å²) in [4.78, 5) is 13.2. The van der Waals surface area contributed by atoms with Crippen molar-refractivity contribution in [2.24, 2.45) is 0 Å². The van der Waals surface area contributed by atoms with Crippen LogP contribution in [0.3, 0.4) is 0 Å². The van der Waals surface area contributed by atoms with E-state index in [1.807, 2.05) is 0 Å². The molecule has 2 rings (SSSR count). The molecule has 0 spiro atoms. The molecule has 2 aliphatic rings. The minimum Gasteiger partial charge on any atom is -0.341 e. The van der Waals surface area contributed by atoms with Gasteiger partial charge in [0.1, 0.15) is 0 Å². The van der Waals surface area contributed by atoms with E-state index >= 15 is 0 Å². The largest absolute Gasteiger partial charge is 0.341 e. The van der Waals surface area contributed by atoms with Crippen LogP contribution in [-0.4, -0.2) is 68.8 Å². The Morgan fingerprint density at radius 2 is 2.00 bits per heavy atom. The second kappa shape index (κ2) is 6.17. The number of hydrogen-bond donors (Lipinski definition) is 2. The Balaban J connectivity index is 1.86. The van der Waals surface area contributed by atoms with Crippen LogP contribution in [0.15, 0.2) is 0 Å². The first-order valence-corrected chi connectivity index (χ1v) is 8.19. The van der Waals surface area contributed by atoms with Gasteiger partial charge in [0, 0.05) is 51.7 Å². The Morgan fingerprint density at radius 1 is 1.32 bits per heavy atom. The standard InChI is InChI=1S/C11H22N4O3S/c1-10(9-14-6-2-3-11(14)16)13-19(17,18)15-7-4-12-5-8-15/h10,12-13H,2-9H2,1H3. The fraction of sp³-hybridized carbons (Fsp3) is 0.909. The third kappa shape index (κ3) is 3.88. The van der Waals surface area contributed by atoms with Gasteiger partial charge in [-0.15, -0.1) is 0 Å². The summed E-state index contributed by atoms with van der Waals surface area (Å²) in [7, 11) is -3.44. The molecule has 2 aliphatic heterocycles. The molecule has 2 fully saturated rings. The highest BCUT2D eigenvalue weighted by atomic mass is 32.2. The summed E-state index contributed by atoms with van der Waals surface area (Å²) < 4.78 is 28.4. The Kier molecular flexibility index (Phi) is 4.77. The summed E-state index contributed by atoms with van der Waals surface area (Å²) in [5.41, 5.74) is 0. The quantitative estimate of drug-likeness (QED) is 0.662. The average Bonchev–Trinajstić information content (AvgIpc) is 2.75. The predicted molar refractivity (Wildman–Crippen MR) is 71.8 cm³/mol. The zero-order chi connectivity index (χ0) is 13.9. The molecule has 2 N–H and O–H groups in total. The zero-order valence-electron chi connectivity index (χ0n) is 11.3. The Labute approximate surface area is 114 Å². The summed E-state index contributed by atoms with van der Waals surface area (Å²) in [5.74, 6) is 0.119. The van der Waals surface area contributed by atoms with E-state index in [0.717, 1.165) is 13.0 Å². The molecule has 2 saturated heterocycles. The van der Waals surface area contributed by atoms with Gasteiger partial charge < -0.3 is 10.2 Å². The summed E-state index contributed by atoms with van der Waals surface area (Å²) in [5, 5.41) is 3.12. The van der Waals surface area contributed by atoms with Crippen LogP contribution in [0.25, 0.3) is 0 Å². The van der Waals surface area contributed by atoms with Crippen LogP contribution < -0.4 is 10.0 Å². The molecule has 0 saturated carbocycles. The minimum atomic E-state index is -3.44. The number of hydrogen-bond acceptors (Lipinski definition) is 4. The van der Waals surface area contributed by atoms with E-state index in [1.165, 1.54) is 4.31 Å². The van der Waals surface area contributed by atoms with Gasteiger partial charge in [0.05, 0.1) is 0 Å². The summed E-state index contributed by atoms with van der Waals surface area (Å²) >= 11 is 0. The van der Waals surface area contributed by atoms with Crippen LogP contribution in [0.5, 0.6) is 0 Å². The van der Waals surface area contributed by atoms with Crippen LogP contribution >= 0.6 is 0 Å². The van der Waals surface area contributed by atoms with E-state index in [4.69, 9.17) is 0 Å². The number of likely N-dealkylation sites (tertiary alicyclic amines) is 1. The number of carbonyl (C=O) groups excluding carboxylic acids is 1. The maximum Gasteiger partial charge on any atom is 0.279 e. The van der Waals surface area contributed by atoms with Gasteiger partial charge in [0.25, 0.3) is 10.2 Å². The van der Waals surface area contributed by atoms with Crippen molar-refractivity contribution in [1.82, 2.24) is 19.2 Å². The van der Waals surface area contributed by atoms with E-state index < -0.39 is 10.2 Å². The van der Waals surface area contributed by atoms with E-state index in [2.05, 4.69) is 10.0 Å². The van der Waals surface area contributed by atoms with Gasteiger partial charge in [0.2, 0.25) is 5.91 Å². The topological polar surface area (TPSA) is 81.8 Å². The molecule has 2 heterocycles. The van der Waals surface area contributed by atoms with Crippen molar-refractivity contribution in [2.45, 2.75) is 25.8 Å². The normalized spacial score (nSPS) is 23.8. The molecule has 1 amide bonds. The highest BCUT2D eigenvalue weighted by Crippen LogP contribution is 2.10. The van der Waals surface area contributed by atoms with Crippen molar-refractivity contribution in [1.29, 1.82) is 0 Å². The number of carbonyl (C=O) groups is 1. The Morgan fingerprint density at radius 3 is 2.58 bits per heavy atom. The molecular formula is C11H22N4O3S. The van der Waals surface area contributed by atoms with E-state index in [1.54, 1.807) is 11.8 Å². The van der Waals surface area contributed by atoms with Crippen molar-refractivity contribution in [3.63, 3.8) is 0 Å². The summed E-state index contributed by atoms with van der Waals surface area (Å²) in [6.07, 6.45) is 1.45. The first-order chi connectivity index (χ1) is 8.99. The molecular weight excluding hydrogens is 268 g/mol. The van der Waals surface area contributed by atoms with Crippen LogP contribution in [0.2, 0.25) is 0 Å². The molecule has 110 valence electrons. The number of amides is 1. The van der Waals surface area contributed by atoms with Gasteiger partial charge >= 0.3 is 0 Å². The fourth-order valence-corrected chi connectivity index (χ4v) is 3.87. The molecule has 0 radical (unpaired) electrons. The molecule has 7 nitrogen and oxygen atoms in total. The van der Waals surface area contributed by atoms with Crippen molar-refractivity contribution in [3.05, 3.63) is 0 Å². The van der Waals surface area contributed by atoms with Gasteiger partial charge in [-0.3, -0.25) is 4.79 Å². The van der Waals surface area contributed by atoms with Gasteiger partial charge in [-0.2, -0.15) is 17.4 Å². The molecule has 8 heteroatoms. The highest BCUT2D eigenvalue weighted by molar-refractivity contribution is 7.87. The van der Waals surface area contributed by atoms with E-state index in [9.17, 15) is 13.2 Å². The van der Waals surface area contributed by atoms with Crippen molar-refractivity contribution in [2.75, 3.05) is 39.3 Å². The molecule has 1 unspecified atom stereocenters. The molecule has 19 heavy (non-hydrogen) atoms. The smallest absolute Gasteiger partial charge is 0.279 e. The summed E-state index contributed by atoms with van der Waals surface area (Å²) in [6, 6.07) is -0.262. The minimum absolute atomic E-state index is 0.119. The molecule has 0 aromatic rings. The number of nitrogens with zero attached hydrogens (tertiary/aromatic N) is 2. The first kappa shape index (κ1) is 14.7. The van der Waals surface area contributed by atoms with Gasteiger partial charge in [-0.05, 0) is 13.3 Å². The maximum atomic E-state index is 12.1. The predicted octanol–water partition coefficient (Wildman–Crippen LogP) is -1.26. The molecule has 0 aromatic carbocycles. The number of nitrogens with one attached hydrogen (secondary N) is 2. The molecule has 0 aliphatic carbocycles. The lowest BCUT2D eigenvalue weighted by atomic mass is 10.3. The Hall–Kier alpha value is -0.700.